The van der Waals surface area contributed by atoms with Crippen molar-refractivity contribution in [2.24, 2.45) is 5.92 Å². The summed E-state index contributed by atoms with van der Waals surface area (Å²) in [5.41, 5.74) is 7.67. The molecule has 3 heteroatoms. The number of anilines is 1. The van der Waals surface area contributed by atoms with Crippen molar-refractivity contribution in [1.82, 2.24) is 4.90 Å². The van der Waals surface area contributed by atoms with Gasteiger partial charge in [-0.2, -0.15) is 0 Å². The van der Waals surface area contributed by atoms with E-state index in [1.165, 1.54) is 5.56 Å². The van der Waals surface area contributed by atoms with Gasteiger partial charge in [0, 0.05) is 11.6 Å². The van der Waals surface area contributed by atoms with Gasteiger partial charge in [0.25, 0.3) is 0 Å². The van der Waals surface area contributed by atoms with Crippen molar-refractivity contribution in [3.05, 3.63) is 29.8 Å². The summed E-state index contributed by atoms with van der Waals surface area (Å²) in [5.74, 6) is 0.790. The molecule has 3 nitrogen and oxygen atoms in total. The molecule has 1 unspecified atom stereocenters. The monoisotopic (exact) mass is 230 g/mol. The molecule has 0 aliphatic carbocycles. The number of benzene rings is 1. The molecule has 3 fully saturated rings. The molecule has 17 heavy (non-hydrogen) atoms. The molecule has 1 atom stereocenters. The van der Waals surface area contributed by atoms with Gasteiger partial charge in [-0.1, -0.05) is 12.1 Å². The Labute approximate surface area is 102 Å². The Balaban J connectivity index is 1.76. The van der Waals surface area contributed by atoms with Gasteiger partial charge in [0.15, 0.2) is 5.78 Å². The van der Waals surface area contributed by atoms with Gasteiger partial charge < -0.3 is 5.73 Å². The topological polar surface area (TPSA) is 46.3 Å². The molecular weight excluding hydrogens is 212 g/mol. The molecule has 3 aliphatic rings. The Kier molecular flexibility index (Phi) is 2.63. The highest BCUT2D eigenvalue weighted by atomic mass is 16.1. The summed E-state index contributed by atoms with van der Waals surface area (Å²) in [4.78, 5) is 14.5. The molecule has 4 rings (SSSR count). The number of nitrogens with two attached hydrogens (primary N) is 1. The first kappa shape index (κ1) is 10.8. The van der Waals surface area contributed by atoms with E-state index in [9.17, 15) is 4.79 Å². The molecule has 2 bridgehead atoms. The van der Waals surface area contributed by atoms with Crippen LogP contribution in [0.2, 0.25) is 0 Å². The van der Waals surface area contributed by atoms with Crippen LogP contribution >= 0.6 is 0 Å². The zero-order valence-electron chi connectivity index (χ0n) is 9.93. The van der Waals surface area contributed by atoms with Gasteiger partial charge in [-0.15, -0.1) is 0 Å². The average molecular weight is 230 g/mol. The van der Waals surface area contributed by atoms with Crippen LogP contribution < -0.4 is 5.73 Å². The van der Waals surface area contributed by atoms with Gasteiger partial charge in [0.1, 0.15) is 0 Å². The van der Waals surface area contributed by atoms with Crippen molar-refractivity contribution in [3.63, 3.8) is 0 Å². The van der Waals surface area contributed by atoms with Gasteiger partial charge in [-0.25, -0.2) is 0 Å². The highest BCUT2D eigenvalue weighted by molar-refractivity contribution is 5.88. The lowest BCUT2D eigenvalue weighted by Gasteiger charge is -2.44. The second-order valence-corrected chi connectivity index (χ2v) is 5.17. The van der Waals surface area contributed by atoms with E-state index >= 15 is 0 Å². The fraction of sp³-hybridized carbons (Fsp3) is 0.500. The average Bonchev–Trinajstić information content (AvgIpc) is 2.37. The predicted octanol–water partition coefficient (Wildman–Crippen LogP) is 1.47. The zero-order valence-corrected chi connectivity index (χ0v) is 9.93. The maximum atomic E-state index is 12.2. The van der Waals surface area contributed by atoms with Crippen LogP contribution in [0.3, 0.4) is 0 Å². The van der Waals surface area contributed by atoms with E-state index in [1.54, 1.807) is 0 Å². The number of carbonyl (C=O) groups is 1. The van der Waals surface area contributed by atoms with Crippen LogP contribution in [0.15, 0.2) is 24.3 Å². The fourth-order valence-corrected chi connectivity index (χ4v) is 3.05. The highest BCUT2D eigenvalue weighted by Gasteiger charge is 2.40. The van der Waals surface area contributed by atoms with Crippen molar-refractivity contribution in [2.45, 2.75) is 25.3 Å². The van der Waals surface area contributed by atoms with Gasteiger partial charge in [-0.3, -0.25) is 9.69 Å². The van der Waals surface area contributed by atoms with E-state index in [0.717, 1.165) is 38.0 Å². The van der Waals surface area contributed by atoms with E-state index in [1.807, 2.05) is 24.3 Å². The molecule has 1 aromatic rings. The lowest BCUT2D eigenvalue weighted by molar-refractivity contribution is -0.136. The summed E-state index contributed by atoms with van der Waals surface area (Å²) in [6.45, 7) is 2.19. The number of nitrogens with zero attached hydrogens (tertiary/aromatic N) is 1. The number of carbonyl (C=O) groups excluding carboxylic acids is 1. The Bertz CT molecular complexity index is 418. The predicted molar refractivity (Wildman–Crippen MR) is 67.7 cm³/mol. The molecule has 3 saturated heterocycles. The molecular formula is C14H18N2O. The quantitative estimate of drug-likeness (QED) is 0.783. The summed E-state index contributed by atoms with van der Waals surface area (Å²) in [5, 5.41) is 0. The Morgan fingerprint density at radius 3 is 2.41 bits per heavy atom. The first-order valence-corrected chi connectivity index (χ1v) is 6.36. The van der Waals surface area contributed by atoms with Crippen LogP contribution in [-0.2, 0) is 11.2 Å². The van der Waals surface area contributed by atoms with E-state index in [4.69, 9.17) is 5.73 Å². The molecule has 3 heterocycles. The third-order valence-electron chi connectivity index (χ3n) is 4.11. The van der Waals surface area contributed by atoms with Gasteiger partial charge >= 0.3 is 0 Å². The third-order valence-corrected chi connectivity index (χ3v) is 4.11. The normalized spacial score (nSPS) is 31.8. The first-order valence-electron chi connectivity index (χ1n) is 6.36. The van der Waals surface area contributed by atoms with Crippen molar-refractivity contribution >= 4 is 11.5 Å². The van der Waals surface area contributed by atoms with E-state index in [2.05, 4.69) is 4.90 Å². The fourth-order valence-electron chi connectivity index (χ4n) is 3.05. The maximum absolute atomic E-state index is 12.2. The lowest BCUT2D eigenvalue weighted by Crippen LogP contribution is -2.56. The number of nitrogen functional groups attached to an aromatic ring is 1. The number of piperidine rings is 3. The molecule has 0 radical (unpaired) electrons. The van der Waals surface area contributed by atoms with Crippen molar-refractivity contribution in [1.29, 1.82) is 0 Å². The van der Waals surface area contributed by atoms with Gasteiger partial charge in [0.2, 0.25) is 0 Å². The van der Waals surface area contributed by atoms with E-state index in [0.29, 0.717) is 11.7 Å². The van der Waals surface area contributed by atoms with Crippen LogP contribution in [0.25, 0.3) is 0 Å². The standard InChI is InChI=1S/C14H18N2O/c15-12-3-1-10(2-4-12)9-13-14(17)11-5-7-16(13)8-6-11/h1-4,11,13H,5-9,15H2. The second-order valence-electron chi connectivity index (χ2n) is 5.17. The molecule has 0 spiro atoms. The van der Waals surface area contributed by atoms with Crippen LogP contribution in [0.4, 0.5) is 5.69 Å². The summed E-state index contributed by atoms with van der Waals surface area (Å²) in [6, 6.07) is 8.01. The summed E-state index contributed by atoms with van der Waals surface area (Å²) in [6.07, 6.45) is 2.98. The number of rotatable bonds is 2. The molecule has 1 aromatic carbocycles. The Morgan fingerprint density at radius 1 is 1.18 bits per heavy atom. The number of ketones is 1. The van der Waals surface area contributed by atoms with Crippen LogP contribution in [0.1, 0.15) is 18.4 Å². The van der Waals surface area contributed by atoms with Crippen LogP contribution in [-0.4, -0.2) is 29.8 Å². The highest BCUT2D eigenvalue weighted by Crippen LogP contribution is 2.30. The molecule has 3 aliphatic heterocycles. The number of hydrogen-bond donors (Lipinski definition) is 1. The first-order chi connectivity index (χ1) is 8.24. The van der Waals surface area contributed by atoms with Crippen molar-refractivity contribution in [2.75, 3.05) is 18.8 Å². The van der Waals surface area contributed by atoms with Crippen molar-refractivity contribution in [3.8, 4) is 0 Å². The maximum Gasteiger partial charge on any atom is 0.153 e. The molecule has 0 saturated carbocycles. The van der Waals surface area contributed by atoms with Gasteiger partial charge in [-0.05, 0) is 50.0 Å². The Hall–Kier alpha value is -1.35. The van der Waals surface area contributed by atoms with Crippen LogP contribution in [0, 0.1) is 5.92 Å². The number of fused-ring (bicyclic) bond motifs is 3. The SMILES string of the molecule is Nc1ccc(CC2C(=O)C3CCN2CC3)cc1. The lowest BCUT2D eigenvalue weighted by atomic mass is 9.80. The van der Waals surface area contributed by atoms with E-state index in [-0.39, 0.29) is 6.04 Å². The van der Waals surface area contributed by atoms with Gasteiger partial charge in [0.05, 0.1) is 6.04 Å². The summed E-state index contributed by atoms with van der Waals surface area (Å²) in [7, 11) is 0. The third kappa shape index (κ3) is 1.95. The minimum absolute atomic E-state index is 0.117. The molecule has 0 aromatic heterocycles. The minimum Gasteiger partial charge on any atom is -0.399 e. The minimum atomic E-state index is 0.117. The Morgan fingerprint density at radius 2 is 1.82 bits per heavy atom. The van der Waals surface area contributed by atoms with Crippen LogP contribution in [0.5, 0.6) is 0 Å². The summed E-state index contributed by atoms with van der Waals surface area (Å²) < 4.78 is 0. The summed E-state index contributed by atoms with van der Waals surface area (Å²) >= 11 is 0. The van der Waals surface area contributed by atoms with Crippen molar-refractivity contribution < 1.29 is 4.79 Å². The molecule has 2 N–H and O–H groups in total. The molecule has 0 amide bonds. The van der Waals surface area contributed by atoms with E-state index < -0.39 is 0 Å². The number of hydrogen-bond acceptors (Lipinski definition) is 3. The smallest absolute Gasteiger partial charge is 0.153 e. The molecule has 90 valence electrons. The number of Topliss-reactive ketones (excluding diaryl/α,β-unsaturated/α-hetero) is 1. The zero-order chi connectivity index (χ0) is 11.8. The second kappa shape index (κ2) is 4.15. The largest absolute Gasteiger partial charge is 0.399 e.